The fourth-order valence-electron chi connectivity index (χ4n) is 3.00. The first-order chi connectivity index (χ1) is 13.9. The van der Waals surface area contributed by atoms with E-state index < -0.39 is 0 Å². The van der Waals surface area contributed by atoms with E-state index in [-0.39, 0.29) is 24.9 Å². The number of aromatic nitrogens is 4. The molecule has 3 aromatic rings. The Bertz CT molecular complexity index is 975. The summed E-state index contributed by atoms with van der Waals surface area (Å²) >= 11 is 0. The second kappa shape index (κ2) is 8.96. The Morgan fingerprint density at radius 3 is 2.28 bits per heavy atom. The van der Waals surface area contributed by atoms with Crippen LogP contribution >= 0.6 is 0 Å². The van der Waals surface area contributed by atoms with E-state index in [0.717, 1.165) is 33.8 Å². The normalized spacial score (nSPS) is 10.4. The zero-order valence-corrected chi connectivity index (χ0v) is 16.6. The topological polar surface area (TPSA) is 114 Å². The minimum absolute atomic E-state index is 0.0556. The van der Waals surface area contributed by atoms with Gasteiger partial charge in [0.1, 0.15) is 6.33 Å². The van der Waals surface area contributed by atoms with Gasteiger partial charge >= 0.3 is 0 Å². The second-order valence-electron chi connectivity index (χ2n) is 6.75. The van der Waals surface area contributed by atoms with Gasteiger partial charge in [-0.1, -0.05) is 17.7 Å². The minimum Gasteiger partial charge on any atom is -0.376 e. The second-order valence-corrected chi connectivity index (χ2v) is 6.75. The third-order valence-electron chi connectivity index (χ3n) is 4.32. The van der Waals surface area contributed by atoms with Gasteiger partial charge in [0.05, 0.1) is 18.8 Å². The summed E-state index contributed by atoms with van der Waals surface area (Å²) in [6.45, 7) is 5.87. The minimum atomic E-state index is -0.276. The number of nitrogens with zero attached hydrogens (tertiary/aromatic N) is 4. The average Bonchev–Trinajstić information content (AvgIpc) is 3.23. The Hall–Kier alpha value is -3.75. The number of nitrogens with one attached hydrogen (secondary N) is 3. The predicted octanol–water partition coefficient (Wildman–Crippen LogP) is 1.75. The number of benzene rings is 2. The quantitative estimate of drug-likeness (QED) is 0.564. The lowest BCUT2D eigenvalue weighted by Crippen LogP contribution is -2.36. The highest BCUT2D eigenvalue weighted by molar-refractivity contribution is 5.96. The van der Waals surface area contributed by atoms with Gasteiger partial charge in [-0.15, -0.1) is 5.10 Å². The van der Waals surface area contributed by atoms with Crippen molar-refractivity contribution in [1.29, 1.82) is 0 Å². The summed E-state index contributed by atoms with van der Waals surface area (Å²) in [4.78, 5) is 24.2. The van der Waals surface area contributed by atoms with Crippen LogP contribution in [0.5, 0.6) is 0 Å². The van der Waals surface area contributed by atoms with Crippen molar-refractivity contribution in [2.45, 2.75) is 20.8 Å². The fourth-order valence-corrected chi connectivity index (χ4v) is 3.00. The van der Waals surface area contributed by atoms with E-state index in [1.807, 2.05) is 57.2 Å². The molecule has 150 valence electrons. The highest BCUT2D eigenvalue weighted by atomic mass is 16.2. The monoisotopic (exact) mass is 393 g/mol. The van der Waals surface area contributed by atoms with Crippen molar-refractivity contribution < 1.29 is 9.59 Å². The van der Waals surface area contributed by atoms with Gasteiger partial charge in [0.25, 0.3) is 0 Å². The van der Waals surface area contributed by atoms with E-state index in [9.17, 15) is 9.59 Å². The van der Waals surface area contributed by atoms with Crippen LogP contribution in [0.15, 0.2) is 42.7 Å². The first-order valence-corrected chi connectivity index (χ1v) is 9.14. The molecule has 0 aliphatic rings. The molecule has 0 unspecified atom stereocenters. The van der Waals surface area contributed by atoms with Crippen molar-refractivity contribution >= 4 is 23.2 Å². The lowest BCUT2D eigenvalue weighted by Gasteiger charge is -2.13. The molecule has 2 aromatic carbocycles. The van der Waals surface area contributed by atoms with E-state index in [0.29, 0.717) is 0 Å². The van der Waals surface area contributed by atoms with E-state index >= 15 is 0 Å². The Morgan fingerprint density at radius 1 is 0.966 bits per heavy atom. The largest absolute Gasteiger partial charge is 0.376 e. The molecule has 29 heavy (non-hydrogen) atoms. The number of hydrogen-bond donors (Lipinski definition) is 3. The van der Waals surface area contributed by atoms with Crippen LogP contribution in [0.1, 0.15) is 16.7 Å². The van der Waals surface area contributed by atoms with Gasteiger partial charge in [0.15, 0.2) is 0 Å². The number of hydrogen-bond acceptors (Lipinski definition) is 6. The molecule has 0 fully saturated rings. The van der Waals surface area contributed by atoms with Crippen molar-refractivity contribution in [3.8, 4) is 5.69 Å². The Labute approximate surface area is 168 Å². The molecule has 1 heterocycles. The molecule has 0 aliphatic carbocycles. The lowest BCUT2D eigenvalue weighted by molar-refractivity contribution is -0.122. The molecule has 0 saturated heterocycles. The first kappa shape index (κ1) is 20.0. The number of aryl methyl sites for hydroxylation is 3. The van der Waals surface area contributed by atoms with Crippen LogP contribution in [-0.2, 0) is 9.59 Å². The van der Waals surface area contributed by atoms with E-state index in [1.165, 1.54) is 11.0 Å². The number of amides is 2. The van der Waals surface area contributed by atoms with Gasteiger partial charge in [0, 0.05) is 11.4 Å². The van der Waals surface area contributed by atoms with Crippen molar-refractivity contribution in [2.75, 3.05) is 23.7 Å². The molecule has 0 aliphatic heterocycles. The molecule has 0 saturated carbocycles. The van der Waals surface area contributed by atoms with Gasteiger partial charge in [-0.25, -0.2) is 4.68 Å². The van der Waals surface area contributed by atoms with Crippen LogP contribution in [0.4, 0.5) is 11.4 Å². The molecule has 0 spiro atoms. The number of carbonyl (C=O) groups is 2. The first-order valence-electron chi connectivity index (χ1n) is 9.14. The number of carbonyl (C=O) groups excluding carboxylic acids is 2. The predicted molar refractivity (Wildman–Crippen MR) is 110 cm³/mol. The molecule has 0 bridgehead atoms. The standard InChI is InChI=1S/C20H23N7O2/c1-13-8-14(2)20(15(3)9-13)24-19(29)11-22-18(28)10-21-16-4-6-17(7-5-16)27-12-23-25-26-27/h4-9,12,21H,10-11H2,1-3H3,(H,22,28)(H,24,29). The molecule has 0 radical (unpaired) electrons. The van der Waals surface area contributed by atoms with Crippen LogP contribution in [0, 0.1) is 20.8 Å². The van der Waals surface area contributed by atoms with Gasteiger partial charge in [-0.3, -0.25) is 9.59 Å². The SMILES string of the molecule is Cc1cc(C)c(NC(=O)CNC(=O)CNc2ccc(-n3cnnn3)cc2)c(C)c1. The van der Waals surface area contributed by atoms with Crippen LogP contribution in [0.25, 0.3) is 5.69 Å². The summed E-state index contributed by atoms with van der Waals surface area (Å²) < 4.78 is 1.53. The number of rotatable bonds is 7. The molecule has 3 N–H and O–H groups in total. The summed E-state index contributed by atoms with van der Waals surface area (Å²) in [7, 11) is 0. The molecular weight excluding hydrogens is 370 g/mol. The maximum Gasteiger partial charge on any atom is 0.243 e. The number of anilines is 2. The fraction of sp³-hybridized carbons (Fsp3) is 0.250. The molecule has 0 atom stereocenters. The van der Waals surface area contributed by atoms with E-state index in [2.05, 4.69) is 31.5 Å². The number of tetrazole rings is 1. The summed E-state index contributed by atoms with van der Waals surface area (Å²) in [6, 6.07) is 11.3. The Morgan fingerprint density at radius 2 is 1.66 bits per heavy atom. The maximum atomic E-state index is 12.2. The Kier molecular flexibility index (Phi) is 6.18. The van der Waals surface area contributed by atoms with Gasteiger partial charge in [-0.2, -0.15) is 0 Å². The van der Waals surface area contributed by atoms with E-state index in [4.69, 9.17) is 0 Å². The van der Waals surface area contributed by atoms with Gasteiger partial charge < -0.3 is 16.0 Å². The summed E-state index contributed by atoms with van der Waals surface area (Å²) in [5, 5.41) is 19.5. The molecular formula is C20H23N7O2. The molecule has 9 nitrogen and oxygen atoms in total. The van der Waals surface area contributed by atoms with E-state index in [1.54, 1.807) is 0 Å². The smallest absolute Gasteiger partial charge is 0.243 e. The van der Waals surface area contributed by atoms with Crippen LogP contribution in [0.2, 0.25) is 0 Å². The van der Waals surface area contributed by atoms with Crippen LogP contribution in [-0.4, -0.2) is 45.1 Å². The Balaban J connectivity index is 1.44. The van der Waals surface area contributed by atoms with Gasteiger partial charge in [-0.05, 0) is 66.6 Å². The zero-order chi connectivity index (χ0) is 20.8. The molecule has 2 amide bonds. The van der Waals surface area contributed by atoms with Crippen molar-refractivity contribution in [3.63, 3.8) is 0 Å². The summed E-state index contributed by atoms with van der Waals surface area (Å²) in [6.07, 6.45) is 1.50. The lowest BCUT2D eigenvalue weighted by atomic mass is 10.1. The van der Waals surface area contributed by atoms with Crippen molar-refractivity contribution in [2.24, 2.45) is 0 Å². The maximum absolute atomic E-state index is 12.2. The van der Waals surface area contributed by atoms with Gasteiger partial charge in [0.2, 0.25) is 11.8 Å². The molecule has 9 heteroatoms. The van der Waals surface area contributed by atoms with Crippen molar-refractivity contribution in [1.82, 2.24) is 25.5 Å². The highest BCUT2D eigenvalue weighted by Crippen LogP contribution is 2.21. The third-order valence-corrected chi connectivity index (χ3v) is 4.32. The summed E-state index contributed by atoms with van der Waals surface area (Å²) in [5.41, 5.74) is 5.50. The van der Waals surface area contributed by atoms with Crippen LogP contribution in [0.3, 0.4) is 0 Å². The zero-order valence-electron chi connectivity index (χ0n) is 16.6. The highest BCUT2D eigenvalue weighted by Gasteiger charge is 2.10. The van der Waals surface area contributed by atoms with Crippen LogP contribution < -0.4 is 16.0 Å². The average molecular weight is 393 g/mol. The molecule has 3 rings (SSSR count). The summed E-state index contributed by atoms with van der Waals surface area (Å²) in [5.74, 6) is -0.541. The van der Waals surface area contributed by atoms with Crippen molar-refractivity contribution in [3.05, 3.63) is 59.4 Å². The third kappa shape index (κ3) is 5.38. The molecule has 1 aromatic heterocycles.